The van der Waals surface area contributed by atoms with Crippen LogP contribution >= 0.6 is 15.9 Å². The first-order chi connectivity index (χ1) is 10.1. The van der Waals surface area contributed by atoms with Gasteiger partial charge in [-0.2, -0.15) is 0 Å². The van der Waals surface area contributed by atoms with E-state index in [0.29, 0.717) is 0 Å². The molecule has 3 heteroatoms. The van der Waals surface area contributed by atoms with E-state index in [1.807, 2.05) is 37.3 Å². The average Bonchev–Trinajstić information content (AvgIpc) is 3.15. The summed E-state index contributed by atoms with van der Waals surface area (Å²) in [5, 5.41) is 0. The summed E-state index contributed by atoms with van der Waals surface area (Å²) < 4.78 is 6.10. The van der Waals surface area contributed by atoms with Gasteiger partial charge in [-0.25, -0.2) is 0 Å². The maximum atomic E-state index is 12.3. The summed E-state index contributed by atoms with van der Waals surface area (Å²) in [5.74, 6) is 0.206. The summed E-state index contributed by atoms with van der Waals surface area (Å²) >= 11 is 3.45. The average molecular weight is 345 g/mol. The van der Waals surface area contributed by atoms with Crippen LogP contribution in [0.2, 0.25) is 0 Å². The van der Waals surface area contributed by atoms with E-state index in [4.69, 9.17) is 4.74 Å². The minimum Gasteiger partial charge on any atom is -0.469 e. The Morgan fingerprint density at radius 1 is 1.00 bits per heavy atom. The fourth-order valence-corrected chi connectivity index (χ4v) is 3.66. The molecule has 3 atom stereocenters. The largest absolute Gasteiger partial charge is 0.469 e. The molecule has 0 amide bonds. The van der Waals surface area contributed by atoms with Gasteiger partial charge in [-0.15, -0.1) is 0 Å². The van der Waals surface area contributed by atoms with Crippen LogP contribution in [0.4, 0.5) is 0 Å². The lowest BCUT2D eigenvalue weighted by molar-refractivity contribution is -0.146. The number of ether oxygens (including phenoxy) is 1. The second kappa shape index (κ2) is 5.30. The molecule has 2 nitrogen and oxygen atoms in total. The van der Waals surface area contributed by atoms with Gasteiger partial charge in [0.05, 0.1) is 12.5 Å². The van der Waals surface area contributed by atoms with Crippen LogP contribution in [0.25, 0.3) is 0 Å². The SMILES string of the molecule is COC(=O)C1(C)C(c2ccccc2)C1c1ccc(Br)cc1. The number of carbonyl (C=O) groups is 1. The van der Waals surface area contributed by atoms with E-state index in [1.165, 1.54) is 18.2 Å². The van der Waals surface area contributed by atoms with Crippen LogP contribution in [0.1, 0.15) is 29.9 Å². The van der Waals surface area contributed by atoms with Gasteiger partial charge in [-0.3, -0.25) is 4.79 Å². The van der Waals surface area contributed by atoms with Crippen molar-refractivity contribution in [1.29, 1.82) is 0 Å². The Balaban J connectivity index is 2.01. The molecule has 0 N–H and O–H groups in total. The van der Waals surface area contributed by atoms with Gasteiger partial charge in [0.1, 0.15) is 0 Å². The molecule has 3 rings (SSSR count). The van der Waals surface area contributed by atoms with Crippen molar-refractivity contribution in [1.82, 2.24) is 0 Å². The topological polar surface area (TPSA) is 26.3 Å². The highest BCUT2D eigenvalue weighted by molar-refractivity contribution is 9.10. The first kappa shape index (κ1) is 14.3. The second-order valence-corrected chi connectivity index (χ2v) is 6.61. The number of benzene rings is 2. The zero-order valence-corrected chi connectivity index (χ0v) is 13.6. The molecule has 0 radical (unpaired) electrons. The van der Waals surface area contributed by atoms with Crippen molar-refractivity contribution in [2.75, 3.05) is 7.11 Å². The normalized spacial score (nSPS) is 27.2. The molecule has 2 aromatic carbocycles. The molecule has 1 saturated carbocycles. The number of hydrogen-bond acceptors (Lipinski definition) is 2. The molecule has 1 aliphatic rings. The Labute approximate surface area is 133 Å². The van der Waals surface area contributed by atoms with Crippen molar-refractivity contribution in [3.05, 3.63) is 70.2 Å². The maximum Gasteiger partial charge on any atom is 0.312 e. The van der Waals surface area contributed by atoms with Crippen LogP contribution < -0.4 is 0 Å². The molecule has 2 aromatic rings. The van der Waals surface area contributed by atoms with Crippen molar-refractivity contribution in [3.63, 3.8) is 0 Å². The summed E-state index contributed by atoms with van der Waals surface area (Å²) in [6, 6.07) is 18.4. The van der Waals surface area contributed by atoms with E-state index >= 15 is 0 Å². The number of hydrogen-bond donors (Lipinski definition) is 0. The molecular weight excluding hydrogens is 328 g/mol. The number of rotatable bonds is 3. The quantitative estimate of drug-likeness (QED) is 0.765. The molecule has 0 spiro atoms. The minimum atomic E-state index is -0.482. The second-order valence-electron chi connectivity index (χ2n) is 5.69. The number of carbonyl (C=O) groups excluding carboxylic acids is 1. The zero-order chi connectivity index (χ0) is 15.0. The monoisotopic (exact) mass is 344 g/mol. The predicted molar refractivity (Wildman–Crippen MR) is 86.2 cm³/mol. The van der Waals surface area contributed by atoms with Crippen LogP contribution in [-0.2, 0) is 9.53 Å². The van der Waals surface area contributed by atoms with Crippen molar-refractivity contribution >= 4 is 21.9 Å². The van der Waals surface area contributed by atoms with Gasteiger partial charge in [-0.05, 0) is 30.2 Å². The van der Waals surface area contributed by atoms with E-state index in [9.17, 15) is 4.79 Å². The fraction of sp³-hybridized carbons (Fsp3) is 0.278. The van der Waals surface area contributed by atoms with Gasteiger partial charge in [0.25, 0.3) is 0 Å². The molecule has 0 aliphatic heterocycles. The van der Waals surface area contributed by atoms with Crippen LogP contribution in [0.3, 0.4) is 0 Å². The highest BCUT2D eigenvalue weighted by atomic mass is 79.9. The van der Waals surface area contributed by atoms with Gasteiger partial charge in [0, 0.05) is 16.3 Å². The summed E-state index contributed by atoms with van der Waals surface area (Å²) in [6.07, 6.45) is 0. The highest BCUT2D eigenvalue weighted by Crippen LogP contribution is 2.70. The number of methoxy groups -OCH3 is 1. The summed E-state index contributed by atoms with van der Waals surface area (Å²) in [5.41, 5.74) is 1.89. The Hall–Kier alpha value is -1.61. The van der Waals surface area contributed by atoms with E-state index in [0.717, 1.165) is 4.47 Å². The van der Waals surface area contributed by atoms with Crippen LogP contribution in [0.5, 0.6) is 0 Å². The van der Waals surface area contributed by atoms with Gasteiger partial charge in [0.15, 0.2) is 0 Å². The summed E-state index contributed by atoms with van der Waals surface area (Å²) in [7, 11) is 1.46. The Morgan fingerprint density at radius 3 is 2.05 bits per heavy atom. The van der Waals surface area contributed by atoms with Crippen molar-refractivity contribution < 1.29 is 9.53 Å². The van der Waals surface area contributed by atoms with Crippen LogP contribution in [-0.4, -0.2) is 13.1 Å². The lowest BCUT2D eigenvalue weighted by Crippen LogP contribution is -2.17. The van der Waals surface area contributed by atoms with E-state index in [-0.39, 0.29) is 17.8 Å². The molecule has 0 heterocycles. The van der Waals surface area contributed by atoms with Gasteiger partial charge < -0.3 is 4.74 Å². The Kier molecular flexibility index (Phi) is 3.62. The Morgan fingerprint density at radius 2 is 1.52 bits per heavy atom. The molecule has 0 bridgehead atoms. The predicted octanol–water partition coefficient (Wildman–Crippen LogP) is 4.51. The minimum absolute atomic E-state index is 0.135. The molecular formula is C18H17BrO2. The molecule has 108 valence electrons. The number of halogens is 1. The third kappa shape index (κ3) is 2.30. The molecule has 0 aromatic heterocycles. The first-order valence-electron chi connectivity index (χ1n) is 6.98. The van der Waals surface area contributed by atoms with Crippen molar-refractivity contribution in [3.8, 4) is 0 Å². The molecule has 3 unspecified atom stereocenters. The fourth-order valence-electron chi connectivity index (χ4n) is 3.39. The third-order valence-electron chi connectivity index (χ3n) is 4.53. The molecule has 0 saturated heterocycles. The Bertz CT molecular complexity index is 651. The van der Waals surface area contributed by atoms with Crippen molar-refractivity contribution in [2.24, 2.45) is 5.41 Å². The standard InChI is InChI=1S/C18H17BrO2/c1-18(17(20)21-2)15(12-6-4-3-5-7-12)16(18)13-8-10-14(19)11-9-13/h3-11,15-16H,1-2H3. The smallest absolute Gasteiger partial charge is 0.312 e. The lowest BCUT2D eigenvalue weighted by atomic mass is 10.0. The van der Waals surface area contributed by atoms with Crippen molar-refractivity contribution in [2.45, 2.75) is 18.8 Å². The van der Waals surface area contributed by atoms with Gasteiger partial charge >= 0.3 is 5.97 Å². The molecule has 1 fully saturated rings. The summed E-state index contributed by atoms with van der Waals surface area (Å²) in [6.45, 7) is 2.00. The van der Waals surface area contributed by atoms with Gasteiger partial charge in [-0.1, -0.05) is 58.4 Å². The van der Waals surface area contributed by atoms with E-state index in [1.54, 1.807) is 0 Å². The maximum absolute atomic E-state index is 12.3. The lowest BCUT2D eigenvalue weighted by Gasteiger charge is -2.09. The number of esters is 1. The zero-order valence-electron chi connectivity index (χ0n) is 12.0. The summed E-state index contributed by atoms with van der Waals surface area (Å²) in [4.78, 5) is 12.3. The highest BCUT2D eigenvalue weighted by Gasteiger charge is 2.67. The third-order valence-corrected chi connectivity index (χ3v) is 5.06. The van der Waals surface area contributed by atoms with Crippen LogP contribution in [0.15, 0.2) is 59.1 Å². The van der Waals surface area contributed by atoms with E-state index < -0.39 is 5.41 Å². The molecule has 1 aliphatic carbocycles. The first-order valence-corrected chi connectivity index (χ1v) is 7.77. The molecule has 21 heavy (non-hydrogen) atoms. The van der Waals surface area contributed by atoms with E-state index in [2.05, 4.69) is 40.2 Å². The van der Waals surface area contributed by atoms with Crippen LogP contribution in [0, 0.1) is 5.41 Å². The van der Waals surface area contributed by atoms with Gasteiger partial charge in [0.2, 0.25) is 0 Å².